The Labute approximate surface area is 70.0 Å². The highest BCUT2D eigenvalue weighted by atomic mass is 79.9. The van der Waals surface area contributed by atoms with Gasteiger partial charge < -0.3 is 5.32 Å². The van der Waals surface area contributed by atoms with Gasteiger partial charge in [0.25, 0.3) is 0 Å². The molecule has 1 atom stereocenters. The van der Waals surface area contributed by atoms with Gasteiger partial charge in [0.05, 0.1) is 0 Å². The zero-order valence-corrected chi connectivity index (χ0v) is 7.70. The van der Waals surface area contributed by atoms with Crippen LogP contribution in [-0.4, -0.2) is 15.7 Å². The summed E-state index contributed by atoms with van der Waals surface area (Å²) >= 11 is 6.57. The van der Waals surface area contributed by atoms with Crippen LogP contribution in [0.5, 0.6) is 0 Å². The standard InChI is InChI=1S/C5H5Br2NO/c6-3-5(7)2-1-4(9)8-5/h1-2H,3H2,(H,8,9). The Morgan fingerprint density at radius 1 is 1.78 bits per heavy atom. The van der Waals surface area contributed by atoms with Gasteiger partial charge in [-0.3, -0.25) is 4.79 Å². The highest BCUT2D eigenvalue weighted by molar-refractivity contribution is 9.12. The molecule has 0 saturated carbocycles. The molecular formula is C5H5Br2NO. The minimum absolute atomic E-state index is 0.0497. The molecule has 1 N–H and O–H groups in total. The van der Waals surface area contributed by atoms with Crippen LogP contribution in [0.3, 0.4) is 0 Å². The maximum absolute atomic E-state index is 10.6. The summed E-state index contributed by atoms with van der Waals surface area (Å²) in [6.07, 6.45) is 3.29. The number of amides is 1. The van der Waals surface area contributed by atoms with Crippen molar-refractivity contribution in [2.75, 3.05) is 5.33 Å². The molecule has 0 saturated heterocycles. The molecule has 0 spiro atoms. The molecule has 1 heterocycles. The molecule has 1 rings (SSSR count). The largest absolute Gasteiger partial charge is 0.333 e. The molecular weight excluding hydrogens is 250 g/mol. The fourth-order valence-electron chi connectivity index (χ4n) is 0.574. The normalized spacial score (nSPS) is 32.9. The fraction of sp³-hybridized carbons (Fsp3) is 0.400. The Hall–Kier alpha value is 0.170. The van der Waals surface area contributed by atoms with E-state index in [1.165, 1.54) is 6.08 Å². The van der Waals surface area contributed by atoms with E-state index >= 15 is 0 Å². The molecule has 0 bridgehead atoms. The van der Waals surface area contributed by atoms with Gasteiger partial charge in [0, 0.05) is 11.4 Å². The summed E-state index contributed by atoms with van der Waals surface area (Å²) in [5, 5.41) is 3.38. The summed E-state index contributed by atoms with van der Waals surface area (Å²) in [5.41, 5.74) is 0. The van der Waals surface area contributed by atoms with Crippen molar-refractivity contribution in [2.45, 2.75) is 4.45 Å². The van der Waals surface area contributed by atoms with Crippen molar-refractivity contribution in [3.05, 3.63) is 12.2 Å². The molecule has 0 radical (unpaired) electrons. The molecule has 1 unspecified atom stereocenters. The zero-order chi connectivity index (χ0) is 6.91. The Balaban J connectivity index is 2.68. The number of rotatable bonds is 1. The average Bonchev–Trinajstić information content (AvgIpc) is 2.13. The van der Waals surface area contributed by atoms with Crippen molar-refractivity contribution in [2.24, 2.45) is 0 Å². The van der Waals surface area contributed by atoms with E-state index in [0.717, 1.165) is 0 Å². The second-order valence-electron chi connectivity index (χ2n) is 1.82. The Kier molecular flexibility index (Phi) is 1.96. The highest BCUT2D eigenvalue weighted by Crippen LogP contribution is 2.22. The Bertz CT molecular complexity index is 168. The lowest BCUT2D eigenvalue weighted by Gasteiger charge is -2.15. The third-order valence-corrected chi connectivity index (χ3v) is 3.40. The molecule has 0 aliphatic carbocycles. The first kappa shape index (κ1) is 7.28. The van der Waals surface area contributed by atoms with Crippen LogP contribution < -0.4 is 5.32 Å². The predicted octanol–water partition coefficient (Wildman–Crippen LogP) is 1.16. The van der Waals surface area contributed by atoms with Gasteiger partial charge in [-0.05, 0) is 6.08 Å². The van der Waals surface area contributed by atoms with Crippen LogP contribution in [0, 0.1) is 0 Å². The maximum Gasteiger partial charge on any atom is 0.245 e. The summed E-state index contributed by atoms with van der Waals surface area (Å²) in [4.78, 5) is 10.6. The Morgan fingerprint density at radius 3 is 2.67 bits per heavy atom. The molecule has 0 aromatic rings. The fourth-order valence-corrected chi connectivity index (χ4v) is 1.23. The zero-order valence-electron chi connectivity index (χ0n) is 4.53. The van der Waals surface area contributed by atoms with Crippen molar-refractivity contribution in [3.63, 3.8) is 0 Å². The summed E-state index contributed by atoms with van der Waals surface area (Å²) < 4.78 is -0.343. The number of hydrogen-bond donors (Lipinski definition) is 1. The second-order valence-corrected chi connectivity index (χ2v) is 3.79. The molecule has 1 aliphatic heterocycles. The van der Waals surface area contributed by atoms with E-state index < -0.39 is 0 Å². The van der Waals surface area contributed by atoms with Gasteiger partial charge >= 0.3 is 0 Å². The molecule has 2 nitrogen and oxygen atoms in total. The van der Waals surface area contributed by atoms with E-state index in [0.29, 0.717) is 5.33 Å². The van der Waals surface area contributed by atoms with Crippen LogP contribution >= 0.6 is 31.9 Å². The van der Waals surface area contributed by atoms with Crippen molar-refractivity contribution in [3.8, 4) is 0 Å². The van der Waals surface area contributed by atoms with E-state index in [1.54, 1.807) is 6.08 Å². The van der Waals surface area contributed by atoms with Crippen LogP contribution in [0.1, 0.15) is 0 Å². The first-order valence-electron chi connectivity index (χ1n) is 2.42. The molecule has 9 heavy (non-hydrogen) atoms. The third-order valence-electron chi connectivity index (χ3n) is 1.02. The van der Waals surface area contributed by atoms with Crippen LogP contribution in [-0.2, 0) is 4.79 Å². The van der Waals surface area contributed by atoms with Gasteiger partial charge in [-0.25, -0.2) is 0 Å². The molecule has 0 fully saturated rings. The van der Waals surface area contributed by atoms with Gasteiger partial charge in [-0.2, -0.15) is 0 Å². The monoisotopic (exact) mass is 253 g/mol. The Morgan fingerprint density at radius 2 is 2.44 bits per heavy atom. The van der Waals surface area contributed by atoms with Crippen LogP contribution in [0.2, 0.25) is 0 Å². The number of halogens is 2. The molecule has 0 aromatic heterocycles. The van der Waals surface area contributed by atoms with E-state index in [2.05, 4.69) is 37.2 Å². The van der Waals surface area contributed by atoms with Gasteiger partial charge in [0.15, 0.2) is 0 Å². The molecule has 4 heteroatoms. The number of hydrogen-bond acceptors (Lipinski definition) is 1. The summed E-state index contributed by atoms with van der Waals surface area (Å²) in [5.74, 6) is -0.0497. The average molecular weight is 255 g/mol. The topological polar surface area (TPSA) is 29.1 Å². The third kappa shape index (κ3) is 1.55. The summed E-state index contributed by atoms with van der Waals surface area (Å²) in [6, 6.07) is 0. The molecule has 1 aliphatic rings. The predicted molar refractivity (Wildman–Crippen MR) is 42.7 cm³/mol. The van der Waals surface area contributed by atoms with Crippen LogP contribution in [0.15, 0.2) is 12.2 Å². The molecule has 50 valence electrons. The molecule has 0 aromatic carbocycles. The summed E-state index contributed by atoms with van der Waals surface area (Å²) in [6.45, 7) is 0. The molecule has 1 amide bonds. The van der Waals surface area contributed by atoms with Gasteiger partial charge in [0.2, 0.25) is 5.91 Å². The van der Waals surface area contributed by atoms with Gasteiger partial charge in [0.1, 0.15) is 4.45 Å². The minimum Gasteiger partial charge on any atom is -0.333 e. The quantitative estimate of drug-likeness (QED) is 0.552. The maximum atomic E-state index is 10.6. The van der Waals surface area contributed by atoms with E-state index in [4.69, 9.17) is 0 Å². The number of nitrogens with one attached hydrogen (secondary N) is 1. The van der Waals surface area contributed by atoms with E-state index in [1.807, 2.05) is 0 Å². The minimum atomic E-state index is -0.343. The number of alkyl halides is 2. The van der Waals surface area contributed by atoms with Crippen molar-refractivity contribution < 1.29 is 4.79 Å². The van der Waals surface area contributed by atoms with Crippen LogP contribution in [0.25, 0.3) is 0 Å². The van der Waals surface area contributed by atoms with Crippen molar-refractivity contribution in [1.29, 1.82) is 0 Å². The van der Waals surface area contributed by atoms with Gasteiger partial charge in [-0.15, -0.1) is 0 Å². The highest BCUT2D eigenvalue weighted by Gasteiger charge is 2.27. The lowest BCUT2D eigenvalue weighted by molar-refractivity contribution is -0.116. The van der Waals surface area contributed by atoms with Crippen molar-refractivity contribution >= 4 is 37.8 Å². The first-order valence-corrected chi connectivity index (χ1v) is 4.34. The first-order chi connectivity index (χ1) is 4.16. The lowest BCUT2D eigenvalue weighted by Crippen LogP contribution is -2.37. The SMILES string of the molecule is O=C1C=CC(Br)(CBr)N1. The van der Waals surface area contributed by atoms with E-state index in [-0.39, 0.29) is 10.4 Å². The second kappa shape index (κ2) is 2.42. The summed E-state index contributed by atoms with van der Waals surface area (Å²) in [7, 11) is 0. The lowest BCUT2D eigenvalue weighted by atomic mass is 10.4. The number of carbonyl (C=O) groups is 1. The van der Waals surface area contributed by atoms with Crippen molar-refractivity contribution in [1.82, 2.24) is 5.32 Å². The van der Waals surface area contributed by atoms with Crippen LogP contribution in [0.4, 0.5) is 0 Å². The van der Waals surface area contributed by atoms with Gasteiger partial charge in [-0.1, -0.05) is 31.9 Å². The van der Waals surface area contributed by atoms with E-state index in [9.17, 15) is 4.79 Å². The smallest absolute Gasteiger partial charge is 0.245 e. The number of carbonyl (C=O) groups excluding carboxylic acids is 1.